The van der Waals surface area contributed by atoms with Gasteiger partial charge in [0.2, 0.25) is 0 Å². The number of nitrogen functional groups attached to an aromatic ring is 1. The number of carbonyl (C=O) groups is 2. The second kappa shape index (κ2) is 6.27. The van der Waals surface area contributed by atoms with Gasteiger partial charge in [0.1, 0.15) is 0 Å². The van der Waals surface area contributed by atoms with E-state index in [1.807, 2.05) is 0 Å². The average molecular weight is 349 g/mol. The van der Waals surface area contributed by atoms with E-state index in [0.29, 0.717) is 22.6 Å². The standard InChI is InChI=1S/C14H13BrN4O2/c15-8-4-5-11(12(16)6-8)13(20)18-9-2-1-3-10(7-9)19-14(17)21/h1-7H,16H2,(H,18,20)(H3,17,19,21). The van der Waals surface area contributed by atoms with E-state index in [1.165, 1.54) is 0 Å². The first-order valence-corrected chi connectivity index (χ1v) is 6.78. The summed E-state index contributed by atoms with van der Waals surface area (Å²) in [5, 5.41) is 5.14. The number of rotatable bonds is 3. The predicted octanol–water partition coefficient (Wildman–Crippen LogP) is 2.77. The van der Waals surface area contributed by atoms with Gasteiger partial charge in [0.15, 0.2) is 0 Å². The van der Waals surface area contributed by atoms with Crippen LogP contribution >= 0.6 is 15.9 Å². The Labute approximate surface area is 129 Å². The second-order valence-electron chi connectivity index (χ2n) is 4.26. The molecule has 0 aliphatic heterocycles. The fraction of sp³-hybridized carbons (Fsp3) is 0. The van der Waals surface area contributed by atoms with E-state index in [0.717, 1.165) is 4.47 Å². The van der Waals surface area contributed by atoms with Crippen LogP contribution in [0, 0.1) is 0 Å². The molecule has 0 aliphatic rings. The molecule has 0 fully saturated rings. The Balaban J connectivity index is 2.17. The Kier molecular flexibility index (Phi) is 4.44. The lowest BCUT2D eigenvalue weighted by atomic mass is 10.1. The maximum absolute atomic E-state index is 12.2. The summed E-state index contributed by atoms with van der Waals surface area (Å²) < 4.78 is 0.796. The lowest BCUT2D eigenvalue weighted by Gasteiger charge is -2.09. The summed E-state index contributed by atoms with van der Waals surface area (Å²) in [5.74, 6) is -0.337. The van der Waals surface area contributed by atoms with Crippen molar-refractivity contribution < 1.29 is 9.59 Å². The van der Waals surface area contributed by atoms with Gasteiger partial charge in [0, 0.05) is 21.5 Å². The van der Waals surface area contributed by atoms with Crippen molar-refractivity contribution in [3.05, 3.63) is 52.5 Å². The fourth-order valence-electron chi connectivity index (χ4n) is 1.76. The summed E-state index contributed by atoms with van der Waals surface area (Å²) in [6.45, 7) is 0. The van der Waals surface area contributed by atoms with Gasteiger partial charge >= 0.3 is 6.03 Å². The highest BCUT2D eigenvalue weighted by atomic mass is 79.9. The maximum Gasteiger partial charge on any atom is 0.316 e. The van der Waals surface area contributed by atoms with Gasteiger partial charge in [-0.25, -0.2) is 4.79 Å². The summed E-state index contributed by atoms with van der Waals surface area (Å²) >= 11 is 3.28. The van der Waals surface area contributed by atoms with Crippen LogP contribution in [0.2, 0.25) is 0 Å². The molecule has 0 saturated heterocycles. The largest absolute Gasteiger partial charge is 0.398 e. The van der Waals surface area contributed by atoms with Crippen molar-refractivity contribution in [1.29, 1.82) is 0 Å². The number of hydrogen-bond donors (Lipinski definition) is 4. The van der Waals surface area contributed by atoms with Crippen molar-refractivity contribution in [3.8, 4) is 0 Å². The molecule has 6 N–H and O–H groups in total. The maximum atomic E-state index is 12.2. The summed E-state index contributed by atoms with van der Waals surface area (Å²) in [5.41, 5.74) is 12.6. The Bertz CT molecular complexity index is 703. The molecular weight excluding hydrogens is 336 g/mol. The Hall–Kier alpha value is -2.54. The summed E-state index contributed by atoms with van der Waals surface area (Å²) in [6.07, 6.45) is 0. The van der Waals surface area contributed by atoms with Crippen molar-refractivity contribution in [2.75, 3.05) is 16.4 Å². The highest BCUT2D eigenvalue weighted by Gasteiger charge is 2.10. The molecule has 0 radical (unpaired) electrons. The first-order chi connectivity index (χ1) is 9.95. The molecule has 2 rings (SSSR count). The van der Waals surface area contributed by atoms with Crippen molar-refractivity contribution in [2.24, 2.45) is 5.73 Å². The van der Waals surface area contributed by atoms with Crippen LogP contribution in [-0.4, -0.2) is 11.9 Å². The van der Waals surface area contributed by atoms with Gasteiger partial charge in [-0.2, -0.15) is 0 Å². The highest BCUT2D eigenvalue weighted by Crippen LogP contribution is 2.21. The number of nitrogens with two attached hydrogens (primary N) is 2. The number of halogens is 1. The predicted molar refractivity (Wildman–Crippen MR) is 86.2 cm³/mol. The summed E-state index contributed by atoms with van der Waals surface area (Å²) in [4.78, 5) is 23.0. The minimum Gasteiger partial charge on any atom is -0.398 e. The normalized spacial score (nSPS) is 9.95. The van der Waals surface area contributed by atoms with E-state index in [4.69, 9.17) is 11.5 Å². The van der Waals surface area contributed by atoms with Gasteiger partial charge in [-0.15, -0.1) is 0 Å². The highest BCUT2D eigenvalue weighted by molar-refractivity contribution is 9.10. The first kappa shape index (κ1) is 14.9. The number of nitrogens with one attached hydrogen (secondary N) is 2. The number of primary amides is 1. The van der Waals surface area contributed by atoms with E-state index in [2.05, 4.69) is 26.6 Å². The van der Waals surface area contributed by atoms with Crippen LogP contribution < -0.4 is 22.1 Å². The summed E-state index contributed by atoms with van der Waals surface area (Å²) in [6, 6.07) is 11.0. The van der Waals surface area contributed by atoms with E-state index < -0.39 is 6.03 Å². The zero-order valence-electron chi connectivity index (χ0n) is 10.9. The minimum atomic E-state index is -0.671. The quantitative estimate of drug-likeness (QED) is 0.640. The van der Waals surface area contributed by atoms with Crippen LogP contribution in [0.3, 0.4) is 0 Å². The van der Waals surface area contributed by atoms with Crippen LogP contribution in [0.1, 0.15) is 10.4 Å². The summed E-state index contributed by atoms with van der Waals surface area (Å²) in [7, 11) is 0. The topological polar surface area (TPSA) is 110 Å². The molecule has 3 amide bonds. The molecule has 6 nitrogen and oxygen atoms in total. The molecule has 108 valence electrons. The van der Waals surface area contributed by atoms with Crippen LogP contribution in [0.5, 0.6) is 0 Å². The molecule has 0 aliphatic carbocycles. The van der Waals surface area contributed by atoms with Crippen LogP contribution in [0.25, 0.3) is 0 Å². The monoisotopic (exact) mass is 348 g/mol. The third-order valence-corrected chi connectivity index (χ3v) is 3.14. The molecule has 0 spiro atoms. The molecular formula is C14H13BrN4O2. The van der Waals surface area contributed by atoms with Crippen LogP contribution in [0.15, 0.2) is 46.9 Å². The Morgan fingerprint density at radius 1 is 1.00 bits per heavy atom. The molecule has 2 aromatic carbocycles. The van der Waals surface area contributed by atoms with Gasteiger partial charge in [-0.05, 0) is 36.4 Å². The Morgan fingerprint density at radius 2 is 1.67 bits per heavy atom. The molecule has 21 heavy (non-hydrogen) atoms. The van der Waals surface area contributed by atoms with Crippen molar-refractivity contribution >= 4 is 44.9 Å². The first-order valence-electron chi connectivity index (χ1n) is 5.98. The lowest BCUT2D eigenvalue weighted by molar-refractivity contribution is 0.102. The second-order valence-corrected chi connectivity index (χ2v) is 5.17. The smallest absolute Gasteiger partial charge is 0.316 e. The third-order valence-electron chi connectivity index (χ3n) is 2.65. The molecule has 7 heteroatoms. The third kappa shape index (κ3) is 3.96. The molecule has 0 heterocycles. The number of anilines is 3. The molecule has 0 aromatic heterocycles. The van der Waals surface area contributed by atoms with Crippen molar-refractivity contribution in [1.82, 2.24) is 0 Å². The molecule has 0 atom stereocenters. The van der Waals surface area contributed by atoms with E-state index in [-0.39, 0.29) is 5.91 Å². The number of carbonyl (C=O) groups excluding carboxylic acids is 2. The lowest BCUT2D eigenvalue weighted by Crippen LogP contribution is -2.19. The van der Waals surface area contributed by atoms with Gasteiger partial charge in [-0.3, -0.25) is 4.79 Å². The molecule has 0 saturated carbocycles. The Morgan fingerprint density at radius 3 is 2.29 bits per heavy atom. The van der Waals surface area contributed by atoms with E-state index in [9.17, 15) is 9.59 Å². The van der Waals surface area contributed by atoms with Gasteiger partial charge in [0.05, 0.1) is 5.56 Å². The number of amides is 3. The van der Waals surface area contributed by atoms with Gasteiger partial charge in [-0.1, -0.05) is 22.0 Å². The fourth-order valence-corrected chi connectivity index (χ4v) is 2.13. The van der Waals surface area contributed by atoms with Gasteiger partial charge < -0.3 is 22.1 Å². The minimum absolute atomic E-state index is 0.337. The molecule has 2 aromatic rings. The van der Waals surface area contributed by atoms with Crippen molar-refractivity contribution in [2.45, 2.75) is 0 Å². The van der Waals surface area contributed by atoms with E-state index >= 15 is 0 Å². The molecule has 0 bridgehead atoms. The number of hydrogen-bond acceptors (Lipinski definition) is 3. The van der Waals surface area contributed by atoms with Crippen molar-refractivity contribution in [3.63, 3.8) is 0 Å². The zero-order chi connectivity index (χ0) is 15.4. The van der Waals surface area contributed by atoms with Crippen LogP contribution in [0.4, 0.5) is 21.9 Å². The zero-order valence-corrected chi connectivity index (χ0v) is 12.5. The van der Waals surface area contributed by atoms with Crippen LogP contribution in [-0.2, 0) is 0 Å². The van der Waals surface area contributed by atoms with Gasteiger partial charge in [0.25, 0.3) is 5.91 Å². The number of benzene rings is 2. The average Bonchev–Trinajstić information content (AvgIpc) is 2.37. The number of urea groups is 1. The SMILES string of the molecule is NC(=O)Nc1cccc(NC(=O)c2ccc(Br)cc2N)c1. The molecule has 0 unspecified atom stereocenters. The van der Waals surface area contributed by atoms with E-state index in [1.54, 1.807) is 42.5 Å².